The Morgan fingerprint density at radius 3 is 2.54 bits per heavy atom. The second kappa shape index (κ2) is 6.71. The molecule has 0 bridgehead atoms. The van der Waals surface area contributed by atoms with Crippen LogP contribution in [0.4, 0.5) is 5.69 Å². The molecule has 26 heavy (non-hydrogen) atoms. The Kier molecular flexibility index (Phi) is 4.59. The Labute approximate surface area is 151 Å². The number of fused-ring (bicyclic) bond motifs is 1. The zero-order chi connectivity index (χ0) is 18.9. The fraction of sp³-hybridized carbons (Fsp3) is 0.300. The number of non-ortho nitro benzene ring substituents is 1. The summed E-state index contributed by atoms with van der Waals surface area (Å²) in [6.45, 7) is 4.08. The van der Waals surface area contributed by atoms with E-state index >= 15 is 0 Å². The number of Topliss-reactive ketones (excluding diaryl/α,β-unsaturated/α-hetero) is 1. The summed E-state index contributed by atoms with van der Waals surface area (Å²) in [5.74, 6) is 0.601. The largest absolute Gasteiger partial charge is 0.497 e. The van der Waals surface area contributed by atoms with E-state index in [9.17, 15) is 14.9 Å². The second-order valence-electron chi connectivity index (χ2n) is 6.97. The molecule has 1 aliphatic heterocycles. The van der Waals surface area contributed by atoms with Crippen molar-refractivity contribution in [3.8, 4) is 5.75 Å². The predicted octanol–water partition coefficient (Wildman–Crippen LogP) is 4.00. The van der Waals surface area contributed by atoms with Crippen molar-refractivity contribution in [1.82, 2.24) is 0 Å². The summed E-state index contributed by atoms with van der Waals surface area (Å²) < 4.78 is 5.30. The second-order valence-corrected chi connectivity index (χ2v) is 6.97. The topological polar surface area (TPSA) is 81.8 Å². The molecule has 0 atom stereocenters. The number of nitrogens with zero attached hydrogens (tertiary/aromatic N) is 2. The van der Waals surface area contributed by atoms with E-state index in [-0.39, 0.29) is 23.4 Å². The van der Waals surface area contributed by atoms with Crippen LogP contribution in [0.3, 0.4) is 0 Å². The molecule has 2 aromatic carbocycles. The third-order valence-electron chi connectivity index (χ3n) is 4.42. The van der Waals surface area contributed by atoms with E-state index in [1.807, 2.05) is 32.0 Å². The van der Waals surface area contributed by atoms with E-state index in [0.717, 1.165) is 29.0 Å². The van der Waals surface area contributed by atoms with Gasteiger partial charge in [-0.2, -0.15) is 0 Å². The molecule has 1 heterocycles. The van der Waals surface area contributed by atoms with E-state index in [0.29, 0.717) is 5.56 Å². The minimum Gasteiger partial charge on any atom is -0.497 e. The molecule has 0 amide bonds. The molecule has 0 saturated heterocycles. The number of carbonyl (C=O) groups is 1. The monoisotopic (exact) mass is 352 g/mol. The number of ether oxygens (including phenoxy) is 1. The van der Waals surface area contributed by atoms with Crippen molar-refractivity contribution in [2.75, 3.05) is 7.11 Å². The van der Waals surface area contributed by atoms with Crippen molar-refractivity contribution < 1.29 is 14.5 Å². The molecular weight excluding hydrogens is 332 g/mol. The molecule has 0 fully saturated rings. The van der Waals surface area contributed by atoms with Gasteiger partial charge in [-0.25, -0.2) is 0 Å². The molecule has 0 spiro atoms. The Balaban J connectivity index is 1.91. The first kappa shape index (κ1) is 17.8. The normalized spacial score (nSPS) is 15.0. The van der Waals surface area contributed by atoms with Crippen molar-refractivity contribution in [3.05, 3.63) is 69.3 Å². The number of aliphatic imine (C=N–C) groups is 1. The van der Waals surface area contributed by atoms with Gasteiger partial charge in [0.1, 0.15) is 5.75 Å². The lowest BCUT2D eigenvalue weighted by Gasteiger charge is -2.29. The van der Waals surface area contributed by atoms with E-state index < -0.39 is 4.92 Å². The van der Waals surface area contributed by atoms with E-state index in [1.54, 1.807) is 7.11 Å². The van der Waals surface area contributed by atoms with Gasteiger partial charge in [0, 0.05) is 23.3 Å². The average Bonchev–Trinajstić information content (AvgIpc) is 2.60. The lowest BCUT2D eigenvalue weighted by molar-refractivity contribution is -0.384. The summed E-state index contributed by atoms with van der Waals surface area (Å²) >= 11 is 0. The number of methoxy groups -OCH3 is 1. The standard InChI is InChI=1S/C20H20N2O4/c1-20(2)12-14-6-9-16(26-3)10-17(14)18(21-20)11-19(23)13-4-7-15(8-5-13)22(24)25/h4-10H,11-12H2,1-3H3. The highest BCUT2D eigenvalue weighted by Crippen LogP contribution is 2.31. The minimum atomic E-state index is -0.482. The molecule has 134 valence electrons. The fourth-order valence-corrected chi connectivity index (χ4v) is 3.19. The Bertz CT molecular complexity index is 899. The Morgan fingerprint density at radius 2 is 1.92 bits per heavy atom. The van der Waals surface area contributed by atoms with Crippen LogP contribution in [-0.4, -0.2) is 29.1 Å². The number of ketones is 1. The third-order valence-corrected chi connectivity index (χ3v) is 4.42. The first-order chi connectivity index (χ1) is 12.3. The Morgan fingerprint density at radius 1 is 1.23 bits per heavy atom. The third kappa shape index (κ3) is 3.64. The van der Waals surface area contributed by atoms with Gasteiger partial charge >= 0.3 is 0 Å². The molecule has 3 rings (SSSR count). The number of hydrogen-bond donors (Lipinski definition) is 0. The molecule has 6 nitrogen and oxygen atoms in total. The van der Waals surface area contributed by atoms with Gasteiger partial charge in [0.2, 0.25) is 0 Å². The number of carbonyl (C=O) groups excluding carboxylic acids is 1. The number of benzene rings is 2. The summed E-state index contributed by atoms with van der Waals surface area (Å²) in [7, 11) is 1.60. The maximum atomic E-state index is 12.7. The number of nitro groups is 1. The lowest BCUT2D eigenvalue weighted by atomic mass is 9.85. The van der Waals surface area contributed by atoms with Crippen molar-refractivity contribution in [3.63, 3.8) is 0 Å². The molecule has 0 radical (unpaired) electrons. The smallest absolute Gasteiger partial charge is 0.269 e. The van der Waals surface area contributed by atoms with Crippen LogP contribution in [0.1, 0.15) is 41.8 Å². The maximum absolute atomic E-state index is 12.7. The molecule has 0 saturated carbocycles. The van der Waals surface area contributed by atoms with Gasteiger partial charge in [-0.15, -0.1) is 0 Å². The molecule has 2 aromatic rings. The van der Waals surface area contributed by atoms with Crippen LogP contribution < -0.4 is 4.74 Å². The van der Waals surface area contributed by atoms with Gasteiger partial charge in [-0.3, -0.25) is 19.9 Å². The zero-order valence-electron chi connectivity index (χ0n) is 15.0. The fourth-order valence-electron chi connectivity index (χ4n) is 3.19. The van der Waals surface area contributed by atoms with Crippen LogP contribution in [0.25, 0.3) is 0 Å². The Hall–Kier alpha value is -3.02. The minimum absolute atomic E-state index is 0.0345. The van der Waals surface area contributed by atoms with Crippen LogP contribution >= 0.6 is 0 Å². The predicted molar refractivity (Wildman–Crippen MR) is 99.4 cm³/mol. The van der Waals surface area contributed by atoms with Crippen molar-refractivity contribution in [1.29, 1.82) is 0 Å². The van der Waals surface area contributed by atoms with Crippen molar-refractivity contribution >= 4 is 17.2 Å². The lowest BCUT2D eigenvalue weighted by Crippen LogP contribution is -2.30. The summed E-state index contributed by atoms with van der Waals surface area (Å²) in [4.78, 5) is 27.7. The maximum Gasteiger partial charge on any atom is 0.269 e. The van der Waals surface area contributed by atoms with E-state index in [1.165, 1.54) is 24.3 Å². The molecule has 0 aromatic heterocycles. The van der Waals surface area contributed by atoms with Crippen LogP contribution in [-0.2, 0) is 6.42 Å². The SMILES string of the molecule is COc1ccc2c(c1)C(CC(=O)c1ccc([N+](=O)[O-])cc1)=NC(C)(C)C2. The molecule has 0 aliphatic carbocycles. The molecule has 0 N–H and O–H groups in total. The van der Waals surface area contributed by atoms with E-state index in [2.05, 4.69) is 0 Å². The number of hydrogen-bond acceptors (Lipinski definition) is 5. The van der Waals surface area contributed by atoms with Gasteiger partial charge < -0.3 is 4.74 Å². The van der Waals surface area contributed by atoms with Gasteiger partial charge in [0.25, 0.3) is 5.69 Å². The van der Waals surface area contributed by atoms with Crippen molar-refractivity contribution in [2.24, 2.45) is 4.99 Å². The highest BCUT2D eigenvalue weighted by Gasteiger charge is 2.28. The molecule has 6 heteroatoms. The first-order valence-electron chi connectivity index (χ1n) is 8.33. The summed E-state index contributed by atoms with van der Waals surface area (Å²) in [6.07, 6.45) is 0.933. The summed E-state index contributed by atoms with van der Waals surface area (Å²) in [6, 6.07) is 11.5. The van der Waals surface area contributed by atoms with Gasteiger partial charge in [0.05, 0.1) is 29.7 Å². The van der Waals surface area contributed by atoms with Gasteiger partial charge in [0.15, 0.2) is 5.78 Å². The van der Waals surface area contributed by atoms with Crippen LogP contribution in [0.5, 0.6) is 5.75 Å². The quantitative estimate of drug-likeness (QED) is 0.463. The van der Waals surface area contributed by atoms with Crippen LogP contribution in [0, 0.1) is 10.1 Å². The highest BCUT2D eigenvalue weighted by atomic mass is 16.6. The number of rotatable bonds is 5. The molecule has 0 unspecified atom stereocenters. The van der Waals surface area contributed by atoms with Crippen LogP contribution in [0.15, 0.2) is 47.5 Å². The summed E-state index contributed by atoms with van der Waals surface area (Å²) in [5.41, 5.74) is 2.90. The molecular formula is C20H20N2O4. The van der Waals surface area contributed by atoms with Gasteiger partial charge in [-0.05, 0) is 50.1 Å². The van der Waals surface area contributed by atoms with Gasteiger partial charge in [-0.1, -0.05) is 6.07 Å². The van der Waals surface area contributed by atoms with Crippen molar-refractivity contribution in [2.45, 2.75) is 32.2 Å². The summed E-state index contributed by atoms with van der Waals surface area (Å²) in [5, 5.41) is 10.8. The zero-order valence-corrected chi connectivity index (χ0v) is 15.0. The first-order valence-corrected chi connectivity index (χ1v) is 8.33. The van der Waals surface area contributed by atoms with E-state index in [4.69, 9.17) is 9.73 Å². The van der Waals surface area contributed by atoms with Crippen LogP contribution in [0.2, 0.25) is 0 Å². The number of nitro benzene ring substituents is 1. The average molecular weight is 352 g/mol. The highest BCUT2D eigenvalue weighted by molar-refractivity contribution is 6.17. The molecule has 1 aliphatic rings.